The van der Waals surface area contributed by atoms with E-state index in [4.69, 9.17) is 9.73 Å². The molecule has 1 saturated heterocycles. The number of aromatic nitrogens is 1. The number of benzene rings is 1. The largest absolute Gasteiger partial charge is 0.489 e. The van der Waals surface area contributed by atoms with E-state index in [1.54, 1.807) is 6.08 Å². The molecule has 30 heavy (non-hydrogen) atoms. The molecule has 0 atom stereocenters. The van der Waals surface area contributed by atoms with Crippen LogP contribution in [-0.4, -0.2) is 37.2 Å². The van der Waals surface area contributed by atoms with Gasteiger partial charge in [0.15, 0.2) is 5.96 Å². The summed E-state index contributed by atoms with van der Waals surface area (Å²) in [6.45, 7) is 10.5. The van der Waals surface area contributed by atoms with E-state index in [2.05, 4.69) is 46.2 Å². The maximum Gasteiger partial charge on any atom is 0.191 e. The number of hydrogen-bond donors (Lipinski definition) is 2. The fourth-order valence-electron chi connectivity index (χ4n) is 3.31. The van der Waals surface area contributed by atoms with Crippen LogP contribution in [0.25, 0.3) is 0 Å². The van der Waals surface area contributed by atoms with Crippen LogP contribution < -0.4 is 20.3 Å². The molecule has 1 fully saturated rings. The van der Waals surface area contributed by atoms with Crippen LogP contribution in [0.1, 0.15) is 30.9 Å². The van der Waals surface area contributed by atoms with Gasteiger partial charge in [-0.3, -0.25) is 0 Å². The van der Waals surface area contributed by atoms with Crippen LogP contribution in [-0.2, 0) is 13.1 Å². The molecule has 162 valence electrons. The highest BCUT2D eigenvalue weighted by atomic mass is 127. The first-order valence-electron chi connectivity index (χ1n) is 10.3. The van der Waals surface area contributed by atoms with Gasteiger partial charge in [0.25, 0.3) is 0 Å². The van der Waals surface area contributed by atoms with Gasteiger partial charge in [-0.1, -0.05) is 30.9 Å². The Hall–Kier alpha value is -2.29. The quantitative estimate of drug-likeness (QED) is 0.225. The van der Waals surface area contributed by atoms with Gasteiger partial charge in [-0.15, -0.1) is 24.0 Å². The lowest BCUT2D eigenvalue weighted by Crippen LogP contribution is -2.36. The van der Waals surface area contributed by atoms with Crippen molar-refractivity contribution in [3.8, 4) is 5.75 Å². The van der Waals surface area contributed by atoms with Gasteiger partial charge in [0.2, 0.25) is 0 Å². The van der Waals surface area contributed by atoms with Gasteiger partial charge in [0.1, 0.15) is 18.2 Å². The average molecular weight is 521 g/mol. The molecule has 0 aliphatic carbocycles. The molecule has 6 nitrogen and oxygen atoms in total. The van der Waals surface area contributed by atoms with Gasteiger partial charge in [0, 0.05) is 37.9 Å². The van der Waals surface area contributed by atoms with Crippen molar-refractivity contribution in [3.63, 3.8) is 0 Å². The second-order valence-electron chi connectivity index (χ2n) is 6.97. The molecule has 2 N–H and O–H groups in total. The highest BCUT2D eigenvalue weighted by molar-refractivity contribution is 14.0. The standard InChI is InChI=1S/C23H31N5O.HI/c1-3-15-29-21-10-6-5-9-20(21)18-27-23(24-4-2)26-17-19-11-12-25-22(16-19)28-13-7-8-14-28;/h3,5-6,9-12,16H,1,4,7-8,13-15,17-18H2,2H3,(H2,24,26,27);1H. The normalized spacial score (nSPS) is 13.5. The summed E-state index contributed by atoms with van der Waals surface area (Å²) in [5.74, 6) is 2.70. The number of nitrogens with one attached hydrogen (secondary N) is 2. The van der Waals surface area contributed by atoms with Crippen molar-refractivity contribution in [2.75, 3.05) is 31.1 Å². The van der Waals surface area contributed by atoms with Crippen LogP contribution in [0.15, 0.2) is 60.2 Å². The number of nitrogens with zero attached hydrogens (tertiary/aromatic N) is 3. The molecule has 2 aromatic rings. The number of para-hydroxylation sites is 1. The van der Waals surface area contributed by atoms with E-state index < -0.39 is 0 Å². The molecule has 0 unspecified atom stereocenters. The van der Waals surface area contributed by atoms with E-state index in [1.165, 1.54) is 12.8 Å². The SMILES string of the molecule is C=CCOc1ccccc1CNC(=NCc1ccnc(N2CCCC2)c1)NCC.I. The van der Waals surface area contributed by atoms with Crippen molar-refractivity contribution in [2.24, 2.45) is 4.99 Å². The number of aliphatic imine (C=N–C) groups is 1. The topological polar surface area (TPSA) is 61.8 Å². The predicted molar refractivity (Wildman–Crippen MR) is 135 cm³/mol. The number of ether oxygens (including phenoxy) is 1. The monoisotopic (exact) mass is 521 g/mol. The first-order chi connectivity index (χ1) is 14.3. The van der Waals surface area contributed by atoms with E-state index in [0.717, 1.165) is 48.3 Å². The Morgan fingerprint density at radius 3 is 2.80 bits per heavy atom. The van der Waals surface area contributed by atoms with E-state index in [-0.39, 0.29) is 24.0 Å². The fourth-order valence-corrected chi connectivity index (χ4v) is 3.31. The number of pyridine rings is 1. The molecule has 7 heteroatoms. The zero-order valence-corrected chi connectivity index (χ0v) is 20.0. The van der Waals surface area contributed by atoms with Crippen molar-refractivity contribution in [3.05, 3.63) is 66.4 Å². The average Bonchev–Trinajstić information content (AvgIpc) is 3.30. The van der Waals surface area contributed by atoms with Gasteiger partial charge in [0.05, 0.1) is 6.54 Å². The lowest BCUT2D eigenvalue weighted by atomic mass is 10.2. The second-order valence-corrected chi connectivity index (χ2v) is 6.97. The molecule has 1 aliphatic rings. The lowest BCUT2D eigenvalue weighted by molar-refractivity contribution is 0.358. The summed E-state index contributed by atoms with van der Waals surface area (Å²) in [6.07, 6.45) is 6.12. The van der Waals surface area contributed by atoms with Crippen molar-refractivity contribution >= 4 is 35.8 Å². The summed E-state index contributed by atoms with van der Waals surface area (Å²) in [5, 5.41) is 6.71. The first kappa shape index (κ1) is 24.0. The summed E-state index contributed by atoms with van der Waals surface area (Å²) in [5.41, 5.74) is 2.24. The maximum atomic E-state index is 5.74. The molecule has 0 radical (unpaired) electrons. The van der Waals surface area contributed by atoms with E-state index in [1.807, 2.05) is 30.5 Å². The summed E-state index contributed by atoms with van der Waals surface area (Å²) in [6, 6.07) is 12.2. The van der Waals surface area contributed by atoms with Crippen molar-refractivity contribution in [2.45, 2.75) is 32.9 Å². The molecule has 3 rings (SSSR count). The van der Waals surface area contributed by atoms with Crippen molar-refractivity contribution in [1.29, 1.82) is 0 Å². The first-order valence-corrected chi connectivity index (χ1v) is 10.3. The third kappa shape index (κ3) is 7.19. The summed E-state index contributed by atoms with van der Waals surface area (Å²) in [7, 11) is 0. The predicted octanol–water partition coefficient (Wildman–Crippen LogP) is 4.12. The van der Waals surface area contributed by atoms with Gasteiger partial charge in [-0.2, -0.15) is 0 Å². The van der Waals surface area contributed by atoms with E-state index >= 15 is 0 Å². The Kier molecular flexibility index (Phi) is 10.5. The molecule has 1 aliphatic heterocycles. The molecule has 0 amide bonds. The minimum Gasteiger partial charge on any atom is -0.489 e. The Morgan fingerprint density at radius 1 is 1.23 bits per heavy atom. The van der Waals surface area contributed by atoms with Gasteiger partial charge < -0.3 is 20.3 Å². The third-order valence-corrected chi connectivity index (χ3v) is 4.78. The molecule has 0 spiro atoms. The summed E-state index contributed by atoms with van der Waals surface area (Å²) < 4.78 is 5.74. The Balaban J connectivity index is 0.00000320. The molecule has 2 heterocycles. The van der Waals surface area contributed by atoms with Crippen LogP contribution in [0.5, 0.6) is 5.75 Å². The lowest BCUT2D eigenvalue weighted by Gasteiger charge is -2.17. The van der Waals surface area contributed by atoms with Crippen LogP contribution in [0.3, 0.4) is 0 Å². The van der Waals surface area contributed by atoms with Crippen LogP contribution in [0.4, 0.5) is 5.82 Å². The molecular weight excluding hydrogens is 489 g/mol. The molecule has 0 bridgehead atoms. The minimum absolute atomic E-state index is 0. The van der Waals surface area contributed by atoms with Crippen molar-refractivity contribution < 1.29 is 4.74 Å². The van der Waals surface area contributed by atoms with E-state index in [9.17, 15) is 0 Å². The van der Waals surface area contributed by atoms with E-state index in [0.29, 0.717) is 19.7 Å². The van der Waals surface area contributed by atoms with Gasteiger partial charge in [-0.05, 0) is 43.5 Å². The number of halogens is 1. The highest BCUT2D eigenvalue weighted by Gasteiger charge is 2.13. The zero-order chi connectivity index (χ0) is 20.3. The van der Waals surface area contributed by atoms with Gasteiger partial charge >= 0.3 is 0 Å². The number of guanidine groups is 1. The number of rotatable bonds is 9. The third-order valence-electron chi connectivity index (χ3n) is 4.78. The molecule has 1 aromatic carbocycles. The molecule has 1 aromatic heterocycles. The molecular formula is C23H32IN5O. The number of anilines is 1. The highest BCUT2D eigenvalue weighted by Crippen LogP contribution is 2.19. The Bertz CT molecular complexity index is 821. The van der Waals surface area contributed by atoms with Crippen molar-refractivity contribution in [1.82, 2.24) is 15.6 Å². The Labute approximate surface area is 196 Å². The van der Waals surface area contributed by atoms with Crippen LogP contribution >= 0.6 is 24.0 Å². The smallest absolute Gasteiger partial charge is 0.191 e. The second kappa shape index (κ2) is 13.1. The van der Waals surface area contributed by atoms with Gasteiger partial charge in [-0.25, -0.2) is 9.98 Å². The maximum absolute atomic E-state index is 5.74. The minimum atomic E-state index is 0. The summed E-state index contributed by atoms with van der Waals surface area (Å²) in [4.78, 5) is 11.6. The fraction of sp³-hybridized carbons (Fsp3) is 0.391. The summed E-state index contributed by atoms with van der Waals surface area (Å²) >= 11 is 0. The molecule has 0 saturated carbocycles. The zero-order valence-electron chi connectivity index (χ0n) is 17.6. The number of hydrogen-bond acceptors (Lipinski definition) is 4. The Morgan fingerprint density at radius 2 is 2.03 bits per heavy atom. The van der Waals surface area contributed by atoms with Crippen LogP contribution in [0, 0.1) is 0 Å². The van der Waals surface area contributed by atoms with Crippen LogP contribution in [0.2, 0.25) is 0 Å².